The maximum atomic E-state index is 9.79. The van der Waals surface area contributed by atoms with Crippen molar-refractivity contribution in [2.45, 2.75) is 59.2 Å². The van der Waals surface area contributed by atoms with Crippen LogP contribution in [0.1, 0.15) is 47.0 Å². The quantitative estimate of drug-likeness (QED) is 0.759. The molecule has 1 fully saturated rings. The largest absolute Gasteiger partial charge is 0.390 e. The summed E-state index contributed by atoms with van der Waals surface area (Å²) in [5.74, 6) is 0.548. The third kappa shape index (κ3) is 3.58. The lowest BCUT2D eigenvalue weighted by Gasteiger charge is -2.38. The molecule has 1 N–H and O–H groups in total. The molecule has 0 heterocycles. The second-order valence-corrected chi connectivity index (χ2v) is 5.74. The highest BCUT2D eigenvalue weighted by molar-refractivity contribution is 4.85. The smallest absolute Gasteiger partial charge is 0.0839 e. The van der Waals surface area contributed by atoms with Crippen LogP contribution in [0.5, 0.6) is 0 Å². The molecule has 2 heteroatoms. The van der Waals surface area contributed by atoms with Crippen molar-refractivity contribution in [3.05, 3.63) is 0 Å². The molecule has 1 aliphatic rings. The summed E-state index contributed by atoms with van der Waals surface area (Å²) in [6.45, 7) is 9.55. The van der Waals surface area contributed by atoms with Crippen LogP contribution in [-0.4, -0.2) is 23.9 Å². The van der Waals surface area contributed by atoms with Crippen LogP contribution in [0.25, 0.3) is 0 Å². The summed E-state index contributed by atoms with van der Waals surface area (Å²) in [5, 5.41) is 9.79. The minimum Gasteiger partial charge on any atom is -0.390 e. The van der Waals surface area contributed by atoms with E-state index in [0.29, 0.717) is 11.3 Å². The normalized spacial score (nSPS) is 32.1. The summed E-state index contributed by atoms with van der Waals surface area (Å²) >= 11 is 0. The standard InChI is InChI=1S/C12H24O2/c1-9(2)8-14-11-7-12(3,4)6-5-10(11)13/h9-11,13H,5-8H2,1-4H3. The molecule has 14 heavy (non-hydrogen) atoms. The van der Waals surface area contributed by atoms with Gasteiger partial charge in [-0.3, -0.25) is 0 Å². The fourth-order valence-corrected chi connectivity index (χ4v) is 1.99. The average molecular weight is 200 g/mol. The van der Waals surface area contributed by atoms with Gasteiger partial charge in [-0.1, -0.05) is 27.7 Å². The summed E-state index contributed by atoms with van der Waals surface area (Å²) in [7, 11) is 0. The maximum absolute atomic E-state index is 9.79. The average Bonchev–Trinajstić information content (AvgIpc) is 2.06. The van der Waals surface area contributed by atoms with Gasteiger partial charge >= 0.3 is 0 Å². The zero-order valence-electron chi connectivity index (χ0n) is 9.92. The van der Waals surface area contributed by atoms with E-state index < -0.39 is 0 Å². The molecule has 84 valence electrons. The monoisotopic (exact) mass is 200 g/mol. The summed E-state index contributed by atoms with van der Waals surface area (Å²) < 4.78 is 5.74. The van der Waals surface area contributed by atoms with Gasteiger partial charge in [-0.15, -0.1) is 0 Å². The zero-order valence-corrected chi connectivity index (χ0v) is 9.92. The van der Waals surface area contributed by atoms with E-state index >= 15 is 0 Å². The Balaban J connectivity index is 2.41. The van der Waals surface area contributed by atoms with Gasteiger partial charge in [-0.25, -0.2) is 0 Å². The van der Waals surface area contributed by atoms with Gasteiger partial charge in [-0.2, -0.15) is 0 Å². The predicted molar refractivity (Wildman–Crippen MR) is 58.2 cm³/mol. The fraction of sp³-hybridized carbons (Fsp3) is 1.00. The molecule has 1 aliphatic carbocycles. The Labute approximate surface area is 87.7 Å². The van der Waals surface area contributed by atoms with Crippen molar-refractivity contribution in [3.63, 3.8) is 0 Å². The summed E-state index contributed by atoms with van der Waals surface area (Å²) in [6.07, 6.45) is 2.79. The molecule has 0 aromatic heterocycles. The van der Waals surface area contributed by atoms with Gasteiger partial charge in [0.05, 0.1) is 12.2 Å². The number of aliphatic hydroxyl groups is 1. The minimum absolute atomic E-state index is 0.0566. The SMILES string of the molecule is CC(C)COC1CC(C)(C)CCC1O. The van der Waals surface area contributed by atoms with E-state index in [1.165, 1.54) is 0 Å². The van der Waals surface area contributed by atoms with E-state index in [1.54, 1.807) is 0 Å². The topological polar surface area (TPSA) is 29.5 Å². The Kier molecular flexibility index (Phi) is 3.96. The van der Waals surface area contributed by atoms with Crippen molar-refractivity contribution in [3.8, 4) is 0 Å². The highest BCUT2D eigenvalue weighted by Gasteiger charge is 2.34. The highest BCUT2D eigenvalue weighted by Crippen LogP contribution is 2.36. The van der Waals surface area contributed by atoms with E-state index in [-0.39, 0.29) is 12.2 Å². The second-order valence-electron chi connectivity index (χ2n) is 5.74. The van der Waals surface area contributed by atoms with Gasteiger partial charge in [0.2, 0.25) is 0 Å². The van der Waals surface area contributed by atoms with Crippen LogP contribution in [0.4, 0.5) is 0 Å². The van der Waals surface area contributed by atoms with Crippen LogP contribution in [0.2, 0.25) is 0 Å². The summed E-state index contributed by atoms with van der Waals surface area (Å²) in [5.41, 5.74) is 0.334. The molecule has 1 rings (SSSR count). The summed E-state index contributed by atoms with van der Waals surface area (Å²) in [4.78, 5) is 0. The molecule has 2 unspecified atom stereocenters. The molecular formula is C12H24O2. The van der Waals surface area contributed by atoms with Gasteiger partial charge in [0.15, 0.2) is 0 Å². The maximum Gasteiger partial charge on any atom is 0.0839 e. The molecule has 2 atom stereocenters. The van der Waals surface area contributed by atoms with Crippen LogP contribution in [0.3, 0.4) is 0 Å². The molecule has 0 bridgehead atoms. The van der Waals surface area contributed by atoms with Crippen molar-refractivity contribution in [1.82, 2.24) is 0 Å². The molecule has 0 aromatic rings. The van der Waals surface area contributed by atoms with E-state index in [9.17, 15) is 5.11 Å². The predicted octanol–water partition coefficient (Wildman–Crippen LogP) is 2.60. The van der Waals surface area contributed by atoms with Crippen molar-refractivity contribution in [1.29, 1.82) is 0 Å². The number of rotatable bonds is 3. The van der Waals surface area contributed by atoms with E-state index in [1.807, 2.05) is 0 Å². The third-order valence-electron chi connectivity index (χ3n) is 2.94. The van der Waals surface area contributed by atoms with Crippen LogP contribution >= 0.6 is 0 Å². The zero-order chi connectivity index (χ0) is 10.8. The Morgan fingerprint density at radius 3 is 2.64 bits per heavy atom. The number of ether oxygens (including phenoxy) is 1. The van der Waals surface area contributed by atoms with Gasteiger partial charge in [0.25, 0.3) is 0 Å². The van der Waals surface area contributed by atoms with Crippen molar-refractivity contribution in [2.75, 3.05) is 6.61 Å². The van der Waals surface area contributed by atoms with Crippen molar-refractivity contribution < 1.29 is 9.84 Å². The Bertz CT molecular complexity index is 175. The minimum atomic E-state index is -0.248. The van der Waals surface area contributed by atoms with Gasteiger partial charge in [0.1, 0.15) is 0 Å². The lowest BCUT2D eigenvalue weighted by atomic mass is 9.75. The first-order valence-electron chi connectivity index (χ1n) is 5.70. The van der Waals surface area contributed by atoms with Gasteiger partial charge in [0, 0.05) is 6.61 Å². The molecule has 0 amide bonds. The molecule has 0 saturated heterocycles. The van der Waals surface area contributed by atoms with Crippen LogP contribution in [-0.2, 0) is 4.74 Å². The molecule has 0 aliphatic heterocycles. The molecule has 1 saturated carbocycles. The molecule has 0 spiro atoms. The molecule has 0 radical (unpaired) electrons. The van der Waals surface area contributed by atoms with Crippen LogP contribution in [0.15, 0.2) is 0 Å². The van der Waals surface area contributed by atoms with Crippen LogP contribution < -0.4 is 0 Å². The number of hydrogen-bond acceptors (Lipinski definition) is 2. The molecule has 0 aromatic carbocycles. The van der Waals surface area contributed by atoms with E-state index in [0.717, 1.165) is 25.9 Å². The lowest BCUT2D eigenvalue weighted by molar-refractivity contribution is -0.0919. The number of hydrogen-bond donors (Lipinski definition) is 1. The van der Waals surface area contributed by atoms with Gasteiger partial charge < -0.3 is 9.84 Å². The van der Waals surface area contributed by atoms with Crippen LogP contribution in [0, 0.1) is 11.3 Å². The van der Waals surface area contributed by atoms with Gasteiger partial charge in [-0.05, 0) is 30.6 Å². The Hall–Kier alpha value is -0.0800. The van der Waals surface area contributed by atoms with E-state index in [2.05, 4.69) is 27.7 Å². The number of aliphatic hydroxyl groups excluding tert-OH is 1. The molecular weight excluding hydrogens is 176 g/mol. The third-order valence-corrected chi connectivity index (χ3v) is 2.94. The molecule has 2 nitrogen and oxygen atoms in total. The lowest BCUT2D eigenvalue weighted by Crippen LogP contribution is -2.39. The summed E-state index contributed by atoms with van der Waals surface area (Å²) in [6, 6.07) is 0. The first kappa shape index (κ1) is 12.0. The second kappa shape index (κ2) is 4.63. The van der Waals surface area contributed by atoms with Crippen molar-refractivity contribution >= 4 is 0 Å². The Morgan fingerprint density at radius 2 is 2.07 bits per heavy atom. The van der Waals surface area contributed by atoms with E-state index in [4.69, 9.17) is 4.74 Å². The highest BCUT2D eigenvalue weighted by atomic mass is 16.5. The Morgan fingerprint density at radius 1 is 1.43 bits per heavy atom. The fourth-order valence-electron chi connectivity index (χ4n) is 1.99. The first-order valence-corrected chi connectivity index (χ1v) is 5.70. The first-order chi connectivity index (χ1) is 6.41. The van der Waals surface area contributed by atoms with Crippen molar-refractivity contribution in [2.24, 2.45) is 11.3 Å².